The fraction of sp³-hybridized carbons (Fsp3) is 0. The first-order chi connectivity index (χ1) is 31.8. The summed E-state index contributed by atoms with van der Waals surface area (Å²) in [5, 5.41) is 10.00. The number of hydrogen-bond donors (Lipinski definition) is 0. The lowest BCUT2D eigenvalue weighted by molar-refractivity contribution is 1.18. The number of fused-ring (bicyclic) bond motifs is 8. The molecule has 298 valence electrons. The Morgan fingerprint density at radius 1 is 0.188 bits per heavy atom. The Morgan fingerprint density at radius 3 is 1.23 bits per heavy atom. The predicted molar refractivity (Wildman–Crippen MR) is 272 cm³/mol. The van der Waals surface area contributed by atoms with Crippen molar-refractivity contribution in [1.29, 1.82) is 0 Å². The highest BCUT2D eigenvalue weighted by Gasteiger charge is 2.20. The van der Waals surface area contributed by atoms with E-state index in [0.717, 1.165) is 5.69 Å². The SMILES string of the molecule is c1ccc(-c2ccc3c(-c4ccccc4)c4ccccc4c(-c4ccc(-n5c6ccccc6c6ccc(-c7ccc8c(c7)c7ccccc7n8-c7ccccc7)cc65)cc4)c3c2)cc1. The lowest BCUT2D eigenvalue weighted by Gasteiger charge is -2.19. The van der Waals surface area contributed by atoms with Gasteiger partial charge in [0.2, 0.25) is 0 Å². The Balaban J connectivity index is 0.985. The van der Waals surface area contributed by atoms with Gasteiger partial charge in [0.1, 0.15) is 0 Å². The van der Waals surface area contributed by atoms with Gasteiger partial charge in [-0.1, -0.05) is 182 Å². The molecule has 11 aromatic carbocycles. The number of hydrogen-bond acceptors (Lipinski definition) is 0. The smallest absolute Gasteiger partial charge is 0.0547 e. The molecule has 0 fully saturated rings. The van der Waals surface area contributed by atoms with E-state index in [1.54, 1.807) is 0 Å². The molecular formula is C62H40N2. The summed E-state index contributed by atoms with van der Waals surface area (Å²) in [5.74, 6) is 0. The number of rotatable bonds is 6. The van der Waals surface area contributed by atoms with E-state index < -0.39 is 0 Å². The van der Waals surface area contributed by atoms with Crippen molar-refractivity contribution in [3.8, 4) is 55.9 Å². The van der Waals surface area contributed by atoms with Gasteiger partial charge in [0.05, 0.1) is 22.1 Å². The third-order valence-corrected chi connectivity index (χ3v) is 13.3. The largest absolute Gasteiger partial charge is 0.309 e. The predicted octanol–water partition coefficient (Wildman–Crippen LogP) is 16.9. The lowest BCUT2D eigenvalue weighted by atomic mass is 9.85. The summed E-state index contributed by atoms with van der Waals surface area (Å²) in [6.45, 7) is 0. The van der Waals surface area contributed by atoms with Crippen LogP contribution in [-0.4, -0.2) is 9.13 Å². The van der Waals surface area contributed by atoms with Gasteiger partial charge in [0, 0.05) is 32.9 Å². The average Bonchev–Trinajstić information content (AvgIpc) is 3.88. The lowest BCUT2D eigenvalue weighted by Crippen LogP contribution is -1.95. The first-order valence-corrected chi connectivity index (χ1v) is 22.1. The van der Waals surface area contributed by atoms with Crippen LogP contribution in [0.15, 0.2) is 243 Å². The highest BCUT2D eigenvalue weighted by molar-refractivity contribution is 6.22. The molecule has 0 saturated carbocycles. The zero-order chi connectivity index (χ0) is 42.1. The van der Waals surface area contributed by atoms with Gasteiger partial charge >= 0.3 is 0 Å². The molecule has 0 spiro atoms. The molecule has 0 aliphatic carbocycles. The van der Waals surface area contributed by atoms with Crippen molar-refractivity contribution >= 4 is 65.2 Å². The van der Waals surface area contributed by atoms with E-state index in [0.29, 0.717) is 0 Å². The molecule has 13 rings (SSSR count). The number of benzene rings is 11. The van der Waals surface area contributed by atoms with Crippen LogP contribution < -0.4 is 0 Å². The van der Waals surface area contributed by atoms with E-state index in [9.17, 15) is 0 Å². The summed E-state index contributed by atoms with van der Waals surface area (Å²) in [6.07, 6.45) is 0. The number of para-hydroxylation sites is 3. The molecule has 64 heavy (non-hydrogen) atoms. The van der Waals surface area contributed by atoms with Crippen molar-refractivity contribution < 1.29 is 0 Å². The molecule has 0 amide bonds. The second-order valence-electron chi connectivity index (χ2n) is 16.8. The molecule has 0 radical (unpaired) electrons. The zero-order valence-electron chi connectivity index (χ0n) is 35.0. The molecule has 2 heterocycles. The standard InChI is InChI=1S/C62H40N2/c1-4-16-41(17-5-1)44-31-36-54-56(39-44)62(53-25-11-10-24-52(53)61(54)42-18-6-2-7-19-42)43-28-33-48(34-29-43)64-57-26-14-12-22-49(57)51-35-30-46(40-60(51)64)45-32-37-59-55(38-45)50-23-13-15-27-58(50)63(59)47-20-8-3-9-21-47/h1-40H. The van der Waals surface area contributed by atoms with E-state index >= 15 is 0 Å². The molecule has 2 heteroatoms. The minimum Gasteiger partial charge on any atom is -0.309 e. The van der Waals surface area contributed by atoms with Gasteiger partial charge in [-0.25, -0.2) is 0 Å². The highest BCUT2D eigenvalue weighted by atomic mass is 15.0. The molecule has 2 nitrogen and oxygen atoms in total. The van der Waals surface area contributed by atoms with E-state index in [1.165, 1.54) is 115 Å². The van der Waals surface area contributed by atoms with Crippen molar-refractivity contribution in [3.05, 3.63) is 243 Å². The summed E-state index contributed by atoms with van der Waals surface area (Å²) in [5.41, 5.74) is 16.9. The first kappa shape index (κ1) is 36.2. The summed E-state index contributed by atoms with van der Waals surface area (Å²) < 4.78 is 4.82. The summed E-state index contributed by atoms with van der Waals surface area (Å²) in [6, 6.07) is 89.0. The van der Waals surface area contributed by atoms with E-state index in [1.807, 2.05) is 0 Å². The topological polar surface area (TPSA) is 9.86 Å². The van der Waals surface area contributed by atoms with Crippen LogP contribution in [0, 0.1) is 0 Å². The monoisotopic (exact) mass is 812 g/mol. The van der Waals surface area contributed by atoms with Crippen molar-refractivity contribution in [2.45, 2.75) is 0 Å². The summed E-state index contributed by atoms with van der Waals surface area (Å²) in [7, 11) is 0. The maximum atomic E-state index is 2.44. The molecule has 0 aliphatic rings. The molecule has 0 unspecified atom stereocenters. The average molecular weight is 813 g/mol. The van der Waals surface area contributed by atoms with Crippen LogP contribution in [0.4, 0.5) is 0 Å². The second-order valence-corrected chi connectivity index (χ2v) is 16.8. The van der Waals surface area contributed by atoms with Crippen LogP contribution in [0.2, 0.25) is 0 Å². The van der Waals surface area contributed by atoms with E-state index in [4.69, 9.17) is 0 Å². The maximum Gasteiger partial charge on any atom is 0.0547 e. The minimum atomic E-state index is 1.13. The van der Waals surface area contributed by atoms with Crippen molar-refractivity contribution in [1.82, 2.24) is 9.13 Å². The minimum absolute atomic E-state index is 1.13. The molecule has 0 bridgehead atoms. The van der Waals surface area contributed by atoms with Crippen molar-refractivity contribution in [2.24, 2.45) is 0 Å². The normalized spacial score (nSPS) is 11.8. The molecular weight excluding hydrogens is 773 g/mol. The van der Waals surface area contributed by atoms with Gasteiger partial charge in [-0.15, -0.1) is 0 Å². The fourth-order valence-electron chi connectivity index (χ4n) is 10.4. The van der Waals surface area contributed by atoms with E-state index in [-0.39, 0.29) is 0 Å². The summed E-state index contributed by atoms with van der Waals surface area (Å²) in [4.78, 5) is 0. The van der Waals surface area contributed by atoms with Crippen molar-refractivity contribution in [2.75, 3.05) is 0 Å². The van der Waals surface area contributed by atoms with Crippen LogP contribution in [0.5, 0.6) is 0 Å². The van der Waals surface area contributed by atoms with Crippen molar-refractivity contribution in [3.63, 3.8) is 0 Å². The third kappa shape index (κ3) is 5.66. The second kappa shape index (κ2) is 14.6. The van der Waals surface area contributed by atoms with Gasteiger partial charge in [-0.3, -0.25) is 0 Å². The molecule has 0 saturated heterocycles. The quantitative estimate of drug-likeness (QED) is 0.148. The Bertz CT molecular complexity index is 3910. The van der Waals surface area contributed by atoms with Gasteiger partial charge in [0.25, 0.3) is 0 Å². The zero-order valence-corrected chi connectivity index (χ0v) is 35.0. The van der Waals surface area contributed by atoms with Crippen LogP contribution >= 0.6 is 0 Å². The molecule has 2 aromatic heterocycles. The molecule has 0 N–H and O–H groups in total. The number of nitrogens with zero attached hydrogens (tertiary/aromatic N) is 2. The van der Waals surface area contributed by atoms with Crippen LogP contribution in [0.1, 0.15) is 0 Å². The molecule has 0 atom stereocenters. The molecule has 0 aliphatic heterocycles. The van der Waals surface area contributed by atoms with E-state index in [2.05, 4.69) is 252 Å². The van der Waals surface area contributed by atoms with Crippen LogP contribution in [0.25, 0.3) is 121 Å². The Hall–Kier alpha value is -8.46. The van der Waals surface area contributed by atoms with Gasteiger partial charge in [-0.2, -0.15) is 0 Å². The Labute approximate surface area is 371 Å². The van der Waals surface area contributed by atoms with Gasteiger partial charge in [-0.05, 0) is 127 Å². The van der Waals surface area contributed by atoms with Crippen LogP contribution in [-0.2, 0) is 0 Å². The molecule has 13 aromatic rings. The van der Waals surface area contributed by atoms with Gasteiger partial charge < -0.3 is 9.13 Å². The first-order valence-electron chi connectivity index (χ1n) is 22.1. The van der Waals surface area contributed by atoms with Crippen LogP contribution in [0.3, 0.4) is 0 Å². The van der Waals surface area contributed by atoms with Gasteiger partial charge in [0.15, 0.2) is 0 Å². The fourth-order valence-corrected chi connectivity index (χ4v) is 10.4. The maximum absolute atomic E-state index is 2.44. The Kier molecular flexibility index (Phi) is 8.25. The summed E-state index contributed by atoms with van der Waals surface area (Å²) >= 11 is 0. The Morgan fingerprint density at radius 2 is 0.562 bits per heavy atom. The third-order valence-electron chi connectivity index (χ3n) is 13.3. The highest BCUT2D eigenvalue weighted by Crippen LogP contribution is 2.45. The number of aromatic nitrogens is 2.